The van der Waals surface area contributed by atoms with Crippen LogP contribution in [0.5, 0.6) is 0 Å². The Morgan fingerprint density at radius 2 is 0.920 bits per heavy atom. The molecule has 0 heterocycles. The summed E-state index contributed by atoms with van der Waals surface area (Å²) in [7, 11) is 0. The SMILES string of the molecule is CCNC(c1ccccc1C)(c1ccccc1C)c1ccccc1C. The predicted octanol–water partition coefficient (Wildman–Crippen LogP) is 5.51. The van der Waals surface area contributed by atoms with Crippen molar-refractivity contribution in [1.29, 1.82) is 0 Å². The van der Waals surface area contributed by atoms with E-state index < -0.39 is 0 Å². The Hall–Kier alpha value is -2.38. The lowest BCUT2D eigenvalue weighted by molar-refractivity contribution is 0.481. The van der Waals surface area contributed by atoms with E-state index >= 15 is 0 Å². The van der Waals surface area contributed by atoms with Gasteiger partial charge in [-0.15, -0.1) is 0 Å². The van der Waals surface area contributed by atoms with Crippen LogP contribution in [0.2, 0.25) is 0 Å². The summed E-state index contributed by atoms with van der Waals surface area (Å²) in [6, 6.07) is 26.2. The van der Waals surface area contributed by atoms with E-state index in [1.807, 2.05) is 0 Å². The monoisotopic (exact) mass is 329 g/mol. The fraction of sp³-hybridized carbons (Fsp3) is 0.250. The fourth-order valence-corrected chi connectivity index (χ4v) is 3.97. The van der Waals surface area contributed by atoms with E-state index in [0.29, 0.717) is 0 Å². The molecule has 3 aromatic carbocycles. The van der Waals surface area contributed by atoms with Crippen molar-refractivity contribution >= 4 is 0 Å². The van der Waals surface area contributed by atoms with Crippen molar-refractivity contribution in [2.24, 2.45) is 0 Å². The number of rotatable bonds is 5. The minimum absolute atomic E-state index is 0.350. The molecule has 0 radical (unpaired) electrons. The molecule has 1 nitrogen and oxygen atoms in total. The predicted molar refractivity (Wildman–Crippen MR) is 107 cm³/mol. The molecule has 0 atom stereocenters. The van der Waals surface area contributed by atoms with Crippen LogP contribution in [0.1, 0.15) is 40.3 Å². The Labute approximate surface area is 151 Å². The van der Waals surface area contributed by atoms with Crippen molar-refractivity contribution in [3.63, 3.8) is 0 Å². The topological polar surface area (TPSA) is 12.0 Å². The molecule has 0 saturated heterocycles. The highest BCUT2D eigenvalue weighted by Gasteiger charge is 2.38. The van der Waals surface area contributed by atoms with Crippen molar-refractivity contribution in [3.8, 4) is 0 Å². The quantitative estimate of drug-likeness (QED) is 0.608. The van der Waals surface area contributed by atoms with Gasteiger partial charge in [0, 0.05) is 0 Å². The number of hydrogen-bond acceptors (Lipinski definition) is 1. The van der Waals surface area contributed by atoms with Crippen molar-refractivity contribution in [2.45, 2.75) is 33.2 Å². The Bertz CT molecular complexity index is 752. The Balaban J connectivity index is 2.44. The molecular weight excluding hydrogens is 302 g/mol. The lowest BCUT2D eigenvalue weighted by atomic mass is 9.72. The smallest absolute Gasteiger partial charge is 0.0955 e. The van der Waals surface area contributed by atoms with E-state index in [-0.39, 0.29) is 5.54 Å². The summed E-state index contributed by atoms with van der Waals surface area (Å²) in [6.07, 6.45) is 0. The van der Waals surface area contributed by atoms with Gasteiger partial charge in [-0.1, -0.05) is 79.7 Å². The van der Waals surface area contributed by atoms with Gasteiger partial charge in [0.25, 0.3) is 0 Å². The third-order valence-electron chi connectivity index (χ3n) is 5.09. The van der Waals surface area contributed by atoms with E-state index in [1.165, 1.54) is 33.4 Å². The highest BCUT2D eigenvalue weighted by Crippen LogP contribution is 2.41. The number of benzene rings is 3. The van der Waals surface area contributed by atoms with Crippen LogP contribution in [0.4, 0.5) is 0 Å². The van der Waals surface area contributed by atoms with Crippen molar-refractivity contribution < 1.29 is 0 Å². The molecule has 0 bridgehead atoms. The zero-order valence-electron chi connectivity index (χ0n) is 15.6. The van der Waals surface area contributed by atoms with Gasteiger partial charge in [0.2, 0.25) is 0 Å². The van der Waals surface area contributed by atoms with Gasteiger partial charge < -0.3 is 5.32 Å². The second-order valence-electron chi connectivity index (χ2n) is 6.73. The number of aryl methyl sites for hydroxylation is 3. The summed E-state index contributed by atoms with van der Waals surface area (Å²) < 4.78 is 0. The van der Waals surface area contributed by atoms with E-state index in [4.69, 9.17) is 0 Å². The molecule has 0 aliphatic rings. The van der Waals surface area contributed by atoms with Crippen molar-refractivity contribution in [1.82, 2.24) is 5.32 Å². The van der Waals surface area contributed by atoms with Crippen molar-refractivity contribution in [2.75, 3.05) is 6.54 Å². The summed E-state index contributed by atoms with van der Waals surface area (Å²) in [6.45, 7) is 9.69. The van der Waals surface area contributed by atoms with Crippen LogP contribution in [0.15, 0.2) is 72.8 Å². The standard InChI is InChI=1S/C24H27N/c1-5-25-24(21-15-9-6-12-18(21)2,22-16-10-7-13-19(22)3)23-17-11-8-14-20(23)4/h6-17,25H,5H2,1-4H3. The van der Waals surface area contributed by atoms with E-state index in [9.17, 15) is 0 Å². The second kappa shape index (κ2) is 7.25. The van der Waals surface area contributed by atoms with Gasteiger partial charge in [-0.25, -0.2) is 0 Å². The number of hydrogen-bond donors (Lipinski definition) is 1. The van der Waals surface area contributed by atoms with Gasteiger partial charge in [0.05, 0.1) is 5.54 Å². The molecule has 25 heavy (non-hydrogen) atoms. The summed E-state index contributed by atoms with van der Waals surface area (Å²) in [4.78, 5) is 0. The molecule has 3 rings (SSSR count). The number of nitrogens with one attached hydrogen (secondary N) is 1. The molecule has 0 aliphatic carbocycles. The van der Waals surface area contributed by atoms with Crippen LogP contribution in [0, 0.1) is 20.8 Å². The third kappa shape index (κ3) is 3.01. The van der Waals surface area contributed by atoms with Crippen molar-refractivity contribution in [3.05, 3.63) is 106 Å². The first kappa shape index (κ1) is 17.4. The molecule has 3 aromatic rings. The van der Waals surface area contributed by atoms with E-state index in [1.54, 1.807) is 0 Å². The molecular formula is C24H27N. The third-order valence-corrected chi connectivity index (χ3v) is 5.09. The van der Waals surface area contributed by atoms with Crippen LogP contribution >= 0.6 is 0 Å². The van der Waals surface area contributed by atoms with Crippen LogP contribution in [0.25, 0.3) is 0 Å². The summed E-state index contributed by atoms with van der Waals surface area (Å²) in [5.74, 6) is 0. The summed E-state index contributed by atoms with van der Waals surface area (Å²) in [5, 5.41) is 3.87. The first-order valence-corrected chi connectivity index (χ1v) is 9.04. The first-order valence-electron chi connectivity index (χ1n) is 9.04. The van der Waals surface area contributed by atoms with Crippen LogP contribution in [-0.2, 0) is 5.54 Å². The Kier molecular flexibility index (Phi) is 5.06. The molecule has 1 N–H and O–H groups in total. The maximum Gasteiger partial charge on any atom is 0.0955 e. The molecule has 0 amide bonds. The van der Waals surface area contributed by atoms with Crippen LogP contribution in [0.3, 0.4) is 0 Å². The largest absolute Gasteiger partial charge is 0.300 e. The maximum absolute atomic E-state index is 3.87. The minimum Gasteiger partial charge on any atom is -0.300 e. The van der Waals surface area contributed by atoms with Crippen LogP contribution < -0.4 is 5.32 Å². The van der Waals surface area contributed by atoms with Gasteiger partial charge in [-0.05, 0) is 60.7 Å². The zero-order chi connectivity index (χ0) is 17.9. The lowest BCUT2D eigenvalue weighted by Crippen LogP contribution is -2.46. The zero-order valence-corrected chi connectivity index (χ0v) is 15.6. The van der Waals surface area contributed by atoms with Gasteiger partial charge >= 0.3 is 0 Å². The molecule has 0 fully saturated rings. The second-order valence-corrected chi connectivity index (χ2v) is 6.73. The van der Waals surface area contributed by atoms with Gasteiger partial charge in [-0.3, -0.25) is 0 Å². The normalized spacial score (nSPS) is 11.5. The molecule has 0 aliphatic heterocycles. The molecule has 0 unspecified atom stereocenters. The molecule has 128 valence electrons. The summed E-state index contributed by atoms with van der Waals surface area (Å²) >= 11 is 0. The minimum atomic E-state index is -0.350. The average Bonchev–Trinajstić information content (AvgIpc) is 2.62. The summed E-state index contributed by atoms with van der Waals surface area (Å²) in [5.41, 5.74) is 7.51. The fourth-order valence-electron chi connectivity index (χ4n) is 3.97. The van der Waals surface area contributed by atoms with Gasteiger partial charge in [-0.2, -0.15) is 0 Å². The maximum atomic E-state index is 3.87. The molecule has 0 aromatic heterocycles. The Morgan fingerprint density at radius 3 is 1.20 bits per heavy atom. The molecule has 0 spiro atoms. The van der Waals surface area contributed by atoms with Gasteiger partial charge in [0.15, 0.2) is 0 Å². The van der Waals surface area contributed by atoms with Gasteiger partial charge in [0.1, 0.15) is 0 Å². The lowest BCUT2D eigenvalue weighted by Gasteiger charge is -2.39. The highest BCUT2D eigenvalue weighted by molar-refractivity contribution is 5.56. The van der Waals surface area contributed by atoms with E-state index in [0.717, 1.165) is 6.54 Å². The van der Waals surface area contributed by atoms with E-state index in [2.05, 4.69) is 106 Å². The average molecular weight is 329 g/mol. The van der Waals surface area contributed by atoms with Crippen LogP contribution in [-0.4, -0.2) is 6.54 Å². The highest BCUT2D eigenvalue weighted by atomic mass is 15.0. The Morgan fingerprint density at radius 1 is 0.600 bits per heavy atom. The molecule has 1 heteroatoms. The first-order chi connectivity index (χ1) is 12.1. The molecule has 0 saturated carbocycles.